The number of aliphatic hydroxyl groups is 1. The fourth-order valence-corrected chi connectivity index (χ4v) is 3.33. The summed E-state index contributed by atoms with van der Waals surface area (Å²) in [4.78, 5) is 14.2. The van der Waals surface area contributed by atoms with Gasteiger partial charge in [0.15, 0.2) is 0 Å². The molecule has 0 radical (unpaired) electrons. The first-order valence-electron chi connectivity index (χ1n) is 8.69. The third-order valence-corrected chi connectivity index (χ3v) is 6.01. The highest BCUT2D eigenvalue weighted by molar-refractivity contribution is 9.10. The van der Waals surface area contributed by atoms with E-state index in [1.165, 1.54) is 0 Å². The molecule has 1 atom stereocenters. The van der Waals surface area contributed by atoms with Crippen LogP contribution >= 0.6 is 15.9 Å². The molecule has 2 rings (SSSR count). The van der Waals surface area contributed by atoms with E-state index in [0.717, 1.165) is 10.0 Å². The highest BCUT2D eigenvalue weighted by Gasteiger charge is 2.37. The topological polar surface area (TPSA) is 76.4 Å². The Balaban J connectivity index is 2.13. The summed E-state index contributed by atoms with van der Waals surface area (Å²) in [7, 11) is 0. The SMILES string of the molecule is CC(C)C(C)(C(=N)NC(=O)N1CCC(C)(O)CC1)c1ccc(Br)cc1. The average Bonchev–Trinajstić information content (AvgIpc) is 2.54. The van der Waals surface area contributed by atoms with Gasteiger partial charge in [0.2, 0.25) is 0 Å². The Morgan fingerprint density at radius 3 is 2.32 bits per heavy atom. The van der Waals surface area contributed by atoms with Gasteiger partial charge in [0.25, 0.3) is 0 Å². The number of piperidine rings is 1. The van der Waals surface area contributed by atoms with Crippen molar-refractivity contribution in [2.75, 3.05) is 13.1 Å². The van der Waals surface area contributed by atoms with Crippen molar-refractivity contribution in [3.8, 4) is 0 Å². The molecule has 0 spiro atoms. The first-order valence-corrected chi connectivity index (χ1v) is 9.49. The minimum Gasteiger partial charge on any atom is -0.390 e. The molecule has 25 heavy (non-hydrogen) atoms. The number of nitrogens with zero attached hydrogens (tertiary/aromatic N) is 1. The Morgan fingerprint density at radius 1 is 1.32 bits per heavy atom. The zero-order valence-electron chi connectivity index (χ0n) is 15.4. The largest absolute Gasteiger partial charge is 0.390 e. The molecule has 1 aromatic rings. The second-order valence-electron chi connectivity index (χ2n) is 7.65. The predicted molar refractivity (Wildman–Crippen MR) is 104 cm³/mol. The summed E-state index contributed by atoms with van der Waals surface area (Å²) in [6.45, 7) is 8.91. The quantitative estimate of drug-likeness (QED) is 0.522. The van der Waals surface area contributed by atoms with Crippen molar-refractivity contribution in [2.45, 2.75) is 51.6 Å². The van der Waals surface area contributed by atoms with Crippen LogP contribution in [0.1, 0.15) is 46.1 Å². The number of carbonyl (C=O) groups excluding carboxylic acids is 1. The number of nitrogens with one attached hydrogen (secondary N) is 2. The van der Waals surface area contributed by atoms with Crippen molar-refractivity contribution in [2.24, 2.45) is 5.92 Å². The number of rotatable bonds is 3. The number of hydrogen-bond acceptors (Lipinski definition) is 3. The molecule has 0 bridgehead atoms. The summed E-state index contributed by atoms with van der Waals surface area (Å²) in [5, 5.41) is 21.4. The molecule has 1 aliphatic rings. The van der Waals surface area contributed by atoms with Gasteiger partial charge in [-0.05, 0) is 50.3 Å². The normalized spacial score (nSPS) is 19.4. The lowest BCUT2D eigenvalue weighted by Crippen LogP contribution is -2.54. The van der Waals surface area contributed by atoms with Crippen molar-refractivity contribution in [1.82, 2.24) is 10.2 Å². The zero-order valence-corrected chi connectivity index (χ0v) is 17.0. The van der Waals surface area contributed by atoms with Gasteiger partial charge in [0.05, 0.1) is 11.0 Å². The molecule has 1 unspecified atom stereocenters. The van der Waals surface area contributed by atoms with Crippen molar-refractivity contribution in [3.05, 3.63) is 34.3 Å². The van der Waals surface area contributed by atoms with Crippen LogP contribution in [0.2, 0.25) is 0 Å². The number of likely N-dealkylation sites (tertiary alicyclic amines) is 1. The number of amides is 2. The summed E-state index contributed by atoms with van der Waals surface area (Å²) < 4.78 is 0.985. The Hall–Kier alpha value is -1.40. The summed E-state index contributed by atoms with van der Waals surface area (Å²) >= 11 is 3.44. The maximum atomic E-state index is 12.6. The molecule has 1 saturated heterocycles. The molecule has 3 N–H and O–H groups in total. The minimum atomic E-state index is -0.700. The number of hydrogen-bond donors (Lipinski definition) is 3. The Kier molecular flexibility index (Phi) is 5.94. The maximum absolute atomic E-state index is 12.6. The molecule has 1 aliphatic heterocycles. The molecule has 2 amide bonds. The lowest BCUT2D eigenvalue weighted by molar-refractivity contribution is 0.00479. The summed E-state index contributed by atoms with van der Waals surface area (Å²) in [6, 6.07) is 7.63. The smallest absolute Gasteiger partial charge is 0.322 e. The van der Waals surface area contributed by atoms with Gasteiger partial charge in [0.1, 0.15) is 5.84 Å². The number of urea groups is 1. The van der Waals surface area contributed by atoms with Gasteiger partial charge in [-0.1, -0.05) is 41.9 Å². The number of halogens is 1. The van der Waals surface area contributed by atoms with Gasteiger partial charge >= 0.3 is 6.03 Å². The molecular weight excluding hydrogens is 382 g/mol. The average molecular weight is 410 g/mol. The van der Waals surface area contributed by atoms with E-state index in [1.54, 1.807) is 11.8 Å². The molecule has 0 aromatic heterocycles. The molecule has 1 aromatic carbocycles. The van der Waals surface area contributed by atoms with E-state index in [-0.39, 0.29) is 17.8 Å². The highest BCUT2D eigenvalue weighted by Crippen LogP contribution is 2.33. The zero-order chi connectivity index (χ0) is 18.8. The van der Waals surface area contributed by atoms with E-state index >= 15 is 0 Å². The van der Waals surface area contributed by atoms with Crippen LogP contribution < -0.4 is 5.32 Å². The monoisotopic (exact) mass is 409 g/mol. The van der Waals surface area contributed by atoms with Crippen LogP contribution in [0.4, 0.5) is 4.79 Å². The van der Waals surface area contributed by atoms with Crippen molar-refractivity contribution in [1.29, 1.82) is 5.41 Å². The van der Waals surface area contributed by atoms with Crippen LogP contribution in [-0.4, -0.2) is 40.6 Å². The molecule has 5 nitrogen and oxygen atoms in total. The summed E-state index contributed by atoms with van der Waals surface area (Å²) in [5.41, 5.74) is -0.288. The molecule has 1 fully saturated rings. The lowest BCUT2D eigenvalue weighted by Gasteiger charge is -2.38. The van der Waals surface area contributed by atoms with Gasteiger partial charge in [0, 0.05) is 17.6 Å². The molecule has 138 valence electrons. The Labute approximate surface area is 158 Å². The highest BCUT2D eigenvalue weighted by atomic mass is 79.9. The van der Waals surface area contributed by atoms with Gasteiger partial charge in [-0.2, -0.15) is 0 Å². The summed E-state index contributed by atoms with van der Waals surface area (Å²) in [5.74, 6) is 0.343. The van der Waals surface area contributed by atoms with E-state index in [2.05, 4.69) is 35.1 Å². The van der Waals surface area contributed by atoms with E-state index in [4.69, 9.17) is 5.41 Å². The van der Waals surface area contributed by atoms with Crippen molar-refractivity contribution >= 4 is 27.8 Å². The minimum absolute atomic E-state index is 0.142. The maximum Gasteiger partial charge on any atom is 0.322 e. The first-order chi connectivity index (χ1) is 11.6. The fourth-order valence-electron chi connectivity index (χ4n) is 3.07. The third kappa shape index (κ3) is 4.42. The van der Waals surface area contributed by atoms with E-state index in [0.29, 0.717) is 25.9 Å². The van der Waals surface area contributed by atoms with Crippen LogP contribution in [0.15, 0.2) is 28.7 Å². The molecule has 6 heteroatoms. The number of carbonyl (C=O) groups is 1. The van der Waals surface area contributed by atoms with Crippen LogP contribution in [-0.2, 0) is 5.41 Å². The second kappa shape index (κ2) is 7.46. The molecule has 1 heterocycles. The standard InChI is InChI=1S/C19H28BrN3O2/c1-13(2)19(4,14-5-7-15(20)8-6-14)16(21)22-17(24)23-11-9-18(3,25)10-12-23/h5-8,13,25H,9-12H2,1-4H3,(H2,21,22,24). The second-order valence-corrected chi connectivity index (χ2v) is 8.57. The predicted octanol–water partition coefficient (Wildman–Crippen LogP) is 3.90. The molecule has 0 saturated carbocycles. The third-order valence-electron chi connectivity index (χ3n) is 5.48. The van der Waals surface area contributed by atoms with Crippen LogP contribution in [0.25, 0.3) is 0 Å². The fraction of sp³-hybridized carbons (Fsp3) is 0.579. The van der Waals surface area contributed by atoms with Crippen LogP contribution in [0.5, 0.6) is 0 Å². The Morgan fingerprint density at radius 2 is 1.84 bits per heavy atom. The first kappa shape index (κ1) is 19.9. The number of benzene rings is 1. The molecule has 0 aliphatic carbocycles. The van der Waals surface area contributed by atoms with Crippen molar-refractivity contribution in [3.63, 3.8) is 0 Å². The lowest BCUT2D eigenvalue weighted by atomic mass is 9.72. The Bertz CT molecular complexity index is 633. The van der Waals surface area contributed by atoms with Gasteiger partial charge in [-0.3, -0.25) is 10.7 Å². The molecular formula is C19H28BrN3O2. The number of amidine groups is 1. The van der Waals surface area contributed by atoms with Gasteiger partial charge in [-0.25, -0.2) is 4.79 Å². The van der Waals surface area contributed by atoms with E-state index < -0.39 is 11.0 Å². The van der Waals surface area contributed by atoms with Crippen LogP contribution in [0, 0.1) is 11.3 Å². The van der Waals surface area contributed by atoms with Crippen LogP contribution in [0.3, 0.4) is 0 Å². The summed E-state index contributed by atoms with van der Waals surface area (Å²) in [6.07, 6.45) is 1.11. The van der Waals surface area contributed by atoms with E-state index in [9.17, 15) is 9.90 Å². The van der Waals surface area contributed by atoms with Crippen molar-refractivity contribution < 1.29 is 9.90 Å². The van der Waals surface area contributed by atoms with Gasteiger partial charge in [-0.15, -0.1) is 0 Å². The van der Waals surface area contributed by atoms with Gasteiger partial charge < -0.3 is 10.0 Å². The van der Waals surface area contributed by atoms with E-state index in [1.807, 2.05) is 31.2 Å².